The number of likely N-dealkylation sites (N-methyl/N-ethyl adjacent to an activating group) is 1. The fourth-order valence-corrected chi connectivity index (χ4v) is 3.01. The van der Waals surface area contributed by atoms with E-state index in [9.17, 15) is 9.59 Å². The molecule has 1 aliphatic heterocycles. The third-order valence-corrected chi connectivity index (χ3v) is 4.19. The van der Waals surface area contributed by atoms with Crippen molar-refractivity contribution in [3.8, 4) is 0 Å². The Bertz CT molecular complexity index is 489. The van der Waals surface area contributed by atoms with Gasteiger partial charge >= 0.3 is 0 Å². The summed E-state index contributed by atoms with van der Waals surface area (Å²) in [5, 5.41) is 5.76. The summed E-state index contributed by atoms with van der Waals surface area (Å²) in [5.74, 6) is 1.68. The quantitative estimate of drug-likeness (QED) is 0.868. The van der Waals surface area contributed by atoms with Crippen molar-refractivity contribution in [1.29, 1.82) is 0 Å². The molecule has 1 aliphatic rings. The fourth-order valence-electron chi connectivity index (χ4n) is 2.08. The van der Waals surface area contributed by atoms with E-state index in [0.29, 0.717) is 12.1 Å². The number of benzene rings is 1. The van der Waals surface area contributed by atoms with Crippen LogP contribution in [0, 0.1) is 0 Å². The van der Waals surface area contributed by atoms with Crippen LogP contribution in [-0.4, -0.2) is 48.5 Å². The summed E-state index contributed by atoms with van der Waals surface area (Å²) in [6.45, 7) is 0.551. The van der Waals surface area contributed by atoms with E-state index in [1.165, 1.54) is 0 Å². The highest BCUT2D eigenvalue weighted by molar-refractivity contribution is 7.99. The molecule has 0 spiro atoms. The summed E-state index contributed by atoms with van der Waals surface area (Å²) in [6.07, 6.45) is 0. The number of halogens is 1. The van der Waals surface area contributed by atoms with Gasteiger partial charge in [0.2, 0.25) is 5.91 Å². The first kappa shape index (κ1) is 17.8. The molecule has 1 saturated heterocycles. The molecule has 2 N–H and O–H groups in total. The van der Waals surface area contributed by atoms with Crippen molar-refractivity contribution in [3.63, 3.8) is 0 Å². The van der Waals surface area contributed by atoms with Crippen molar-refractivity contribution in [2.24, 2.45) is 0 Å². The molecule has 0 aromatic heterocycles. The second-order valence-electron chi connectivity index (χ2n) is 4.74. The minimum Gasteiger partial charge on any atom is -0.355 e. The summed E-state index contributed by atoms with van der Waals surface area (Å²) < 4.78 is 0. The maximum Gasteiger partial charge on any atom is 0.251 e. The monoisotopic (exact) mass is 329 g/mol. The molecule has 1 fully saturated rings. The van der Waals surface area contributed by atoms with Crippen LogP contribution in [0.1, 0.15) is 15.9 Å². The number of nitrogens with zero attached hydrogens (tertiary/aromatic N) is 1. The molecule has 2 rings (SSSR count). The summed E-state index contributed by atoms with van der Waals surface area (Å²) in [7, 11) is 3.41. The van der Waals surface area contributed by atoms with Gasteiger partial charge in [-0.2, -0.15) is 0 Å². The lowest BCUT2D eigenvalue weighted by Gasteiger charge is -2.21. The van der Waals surface area contributed by atoms with Crippen LogP contribution >= 0.6 is 24.2 Å². The van der Waals surface area contributed by atoms with Crippen molar-refractivity contribution >= 4 is 36.0 Å². The van der Waals surface area contributed by atoms with Crippen molar-refractivity contribution in [3.05, 3.63) is 35.4 Å². The second kappa shape index (κ2) is 8.26. The molecule has 0 aliphatic carbocycles. The van der Waals surface area contributed by atoms with Gasteiger partial charge in [0.1, 0.15) is 0 Å². The zero-order valence-electron chi connectivity index (χ0n) is 12.1. The van der Waals surface area contributed by atoms with Gasteiger partial charge in [0.15, 0.2) is 0 Å². The Hall–Kier alpha value is -1.24. The smallest absolute Gasteiger partial charge is 0.251 e. The van der Waals surface area contributed by atoms with Gasteiger partial charge in [-0.3, -0.25) is 14.9 Å². The number of hydrogen-bond donors (Lipinski definition) is 2. The molecule has 116 valence electrons. The summed E-state index contributed by atoms with van der Waals surface area (Å²) in [4.78, 5) is 25.3. The van der Waals surface area contributed by atoms with Gasteiger partial charge in [0, 0.05) is 37.8 Å². The molecule has 1 heterocycles. The SMILES string of the molecule is CNC(=O)c1ccc(CN(C)C(=O)C2CSCN2)cc1.Cl. The summed E-state index contributed by atoms with van der Waals surface area (Å²) in [5.41, 5.74) is 1.64. The largest absolute Gasteiger partial charge is 0.355 e. The minimum absolute atomic E-state index is 0. The molecule has 21 heavy (non-hydrogen) atoms. The van der Waals surface area contributed by atoms with Gasteiger partial charge in [0.05, 0.1) is 6.04 Å². The van der Waals surface area contributed by atoms with E-state index in [1.807, 2.05) is 12.1 Å². The van der Waals surface area contributed by atoms with Crippen LogP contribution in [0.15, 0.2) is 24.3 Å². The van der Waals surface area contributed by atoms with Gasteiger partial charge in [-0.15, -0.1) is 24.2 Å². The van der Waals surface area contributed by atoms with Gasteiger partial charge in [-0.25, -0.2) is 0 Å². The van der Waals surface area contributed by atoms with Gasteiger partial charge in [0.25, 0.3) is 5.91 Å². The molecule has 5 nitrogen and oxygen atoms in total. The fraction of sp³-hybridized carbons (Fsp3) is 0.429. The number of thioether (sulfide) groups is 1. The molecular weight excluding hydrogens is 310 g/mol. The van der Waals surface area contributed by atoms with Crippen molar-refractivity contribution in [2.75, 3.05) is 25.7 Å². The number of rotatable bonds is 4. The Morgan fingerprint density at radius 2 is 2.05 bits per heavy atom. The van der Waals surface area contributed by atoms with Gasteiger partial charge in [-0.05, 0) is 17.7 Å². The van der Waals surface area contributed by atoms with Crippen LogP contribution in [0.25, 0.3) is 0 Å². The Morgan fingerprint density at radius 3 is 2.57 bits per heavy atom. The Kier molecular flexibility index (Phi) is 7.01. The molecule has 1 aromatic carbocycles. The number of carbonyl (C=O) groups is 2. The maximum atomic E-state index is 12.2. The number of hydrogen-bond acceptors (Lipinski definition) is 4. The number of nitrogens with one attached hydrogen (secondary N) is 2. The van der Waals surface area contributed by atoms with Crippen molar-refractivity contribution < 1.29 is 9.59 Å². The third-order valence-electron chi connectivity index (χ3n) is 3.25. The molecular formula is C14H20ClN3O2S. The van der Waals surface area contributed by atoms with E-state index in [1.54, 1.807) is 42.9 Å². The third kappa shape index (κ3) is 4.62. The highest BCUT2D eigenvalue weighted by atomic mass is 35.5. The van der Waals surface area contributed by atoms with Crippen molar-refractivity contribution in [1.82, 2.24) is 15.5 Å². The van der Waals surface area contributed by atoms with Crippen LogP contribution < -0.4 is 10.6 Å². The maximum absolute atomic E-state index is 12.2. The first-order chi connectivity index (χ1) is 9.61. The Labute approximate surface area is 135 Å². The summed E-state index contributed by atoms with van der Waals surface area (Å²) >= 11 is 1.74. The number of amides is 2. The predicted molar refractivity (Wildman–Crippen MR) is 87.8 cm³/mol. The highest BCUT2D eigenvalue weighted by Crippen LogP contribution is 2.13. The van der Waals surface area contributed by atoms with Gasteiger partial charge in [-0.1, -0.05) is 12.1 Å². The van der Waals surface area contributed by atoms with E-state index < -0.39 is 0 Å². The minimum atomic E-state index is -0.104. The number of carbonyl (C=O) groups excluding carboxylic acids is 2. The molecule has 1 unspecified atom stereocenters. The molecule has 2 amide bonds. The molecule has 0 saturated carbocycles. The zero-order chi connectivity index (χ0) is 14.5. The predicted octanol–water partition coefficient (Wildman–Crippen LogP) is 1.09. The van der Waals surface area contributed by atoms with Crippen LogP contribution in [0.2, 0.25) is 0 Å². The van der Waals surface area contributed by atoms with E-state index in [0.717, 1.165) is 17.2 Å². The summed E-state index contributed by atoms with van der Waals surface area (Å²) in [6, 6.07) is 7.23. The van der Waals surface area contributed by atoms with E-state index in [4.69, 9.17) is 0 Å². The van der Waals surface area contributed by atoms with Gasteiger partial charge < -0.3 is 10.2 Å². The average Bonchev–Trinajstić information content (AvgIpc) is 3.00. The van der Waals surface area contributed by atoms with E-state index in [2.05, 4.69) is 10.6 Å². The van der Waals surface area contributed by atoms with Crippen LogP contribution in [-0.2, 0) is 11.3 Å². The Morgan fingerprint density at radius 1 is 1.38 bits per heavy atom. The highest BCUT2D eigenvalue weighted by Gasteiger charge is 2.25. The van der Waals surface area contributed by atoms with Crippen LogP contribution in [0.3, 0.4) is 0 Å². The first-order valence-electron chi connectivity index (χ1n) is 6.49. The molecule has 0 bridgehead atoms. The lowest BCUT2D eigenvalue weighted by molar-refractivity contribution is -0.131. The Balaban J connectivity index is 0.00000220. The molecule has 7 heteroatoms. The normalized spacial score (nSPS) is 17.0. The second-order valence-corrected chi connectivity index (χ2v) is 5.77. The molecule has 1 atom stereocenters. The molecule has 1 aromatic rings. The first-order valence-corrected chi connectivity index (χ1v) is 7.64. The van der Waals surface area contributed by atoms with Crippen LogP contribution in [0.5, 0.6) is 0 Å². The van der Waals surface area contributed by atoms with E-state index >= 15 is 0 Å². The van der Waals surface area contributed by atoms with E-state index in [-0.39, 0.29) is 30.3 Å². The zero-order valence-corrected chi connectivity index (χ0v) is 13.7. The topological polar surface area (TPSA) is 61.4 Å². The molecule has 0 radical (unpaired) electrons. The lowest BCUT2D eigenvalue weighted by Crippen LogP contribution is -2.42. The lowest BCUT2D eigenvalue weighted by atomic mass is 10.1. The van der Waals surface area contributed by atoms with Crippen LogP contribution in [0.4, 0.5) is 0 Å². The van der Waals surface area contributed by atoms with Crippen molar-refractivity contribution in [2.45, 2.75) is 12.6 Å². The average molecular weight is 330 g/mol. The standard InChI is InChI=1S/C14H19N3O2S.ClH/c1-15-13(18)11-5-3-10(4-6-11)7-17(2)14(19)12-8-20-9-16-12;/h3-6,12,16H,7-9H2,1-2H3,(H,15,18);1H.